The highest BCUT2D eigenvalue weighted by molar-refractivity contribution is 7.99. The lowest BCUT2D eigenvalue weighted by Crippen LogP contribution is -2.29. The van der Waals surface area contributed by atoms with Gasteiger partial charge in [0, 0.05) is 13.1 Å². The SMILES string of the molecule is O=C(O)c1coc(CSCC(=O)N2CCCC2)c1. The first kappa shape index (κ1) is 13.0. The maximum Gasteiger partial charge on any atom is 0.338 e. The van der Waals surface area contributed by atoms with Crippen LogP contribution < -0.4 is 0 Å². The van der Waals surface area contributed by atoms with Crippen molar-refractivity contribution >= 4 is 23.6 Å². The fourth-order valence-electron chi connectivity index (χ4n) is 1.87. The second kappa shape index (κ2) is 5.95. The largest absolute Gasteiger partial charge is 0.478 e. The number of likely N-dealkylation sites (tertiary alicyclic amines) is 1. The predicted octanol–water partition coefficient (Wildman–Crippen LogP) is 1.83. The molecule has 2 rings (SSSR count). The molecule has 1 aromatic heterocycles. The van der Waals surface area contributed by atoms with Crippen LogP contribution in [0.1, 0.15) is 29.0 Å². The van der Waals surface area contributed by atoms with Crippen molar-refractivity contribution < 1.29 is 19.1 Å². The van der Waals surface area contributed by atoms with Gasteiger partial charge in [-0.25, -0.2) is 4.79 Å². The van der Waals surface area contributed by atoms with Gasteiger partial charge in [-0.15, -0.1) is 11.8 Å². The summed E-state index contributed by atoms with van der Waals surface area (Å²) < 4.78 is 5.11. The van der Waals surface area contributed by atoms with Crippen LogP contribution in [0.25, 0.3) is 0 Å². The summed E-state index contributed by atoms with van der Waals surface area (Å²) in [4.78, 5) is 24.2. The molecule has 0 saturated carbocycles. The summed E-state index contributed by atoms with van der Waals surface area (Å²) in [5.41, 5.74) is 0.150. The lowest BCUT2D eigenvalue weighted by Gasteiger charge is -2.14. The molecule has 0 atom stereocenters. The van der Waals surface area contributed by atoms with Crippen LogP contribution in [0.3, 0.4) is 0 Å². The molecule has 0 aliphatic carbocycles. The number of furan rings is 1. The standard InChI is InChI=1S/C12H15NO4S/c14-11(13-3-1-2-4-13)8-18-7-10-5-9(6-17-10)12(15)16/h5-6H,1-4,7-8H2,(H,15,16). The van der Waals surface area contributed by atoms with Crippen LogP contribution in [-0.2, 0) is 10.5 Å². The van der Waals surface area contributed by atoms with E-state index in [1.165, 1.54) is 24.1 Å². The van der Waals surface area contributed by atoms with E-state index in [0.29, 0.717) is 17.3 Å². The number of aromatic carboxylic acids is 1. The summed E-state index contributed by atoms with van der Waals surface area (Å²) in [6.45, 7) is 1.73. The molecule has 1 fully saturated rings. The Kier molecular flexibility index (Phi) is 4.30. The summed E-state index contributed by atoms with van der Waals surface area (Å²) in [5.74, 6) is 0.688. The molecule has 1 aromatic rings. The minimum atomic E-state index is -0.997. The van der Waals surface area contributed by atoms with Crippen molar-refractivity contribution in [3.05, 3.63) is 23.7 Å². The van der Waals surface area contributed by atoms with Gasteiger partial charge < -0.3 is 14.4 Å². The van der Waals surface area contributed by atoms with Crippen molar-refractivity contribution in [1.29, 1.82) is 0 Å². The Bertz CT molecular complexity index is 437. The van der Waals surface area contributed by atoms with Gasteiger partial charge in [0.1, 0.15) is 12.0 Å². The quantitative estimate of drug-likeness (QED) is 0.883. The summed E-state index contributed by atoms with van der Waals surface area (Å²) >= 11 is 1.45. The summed E-state index contributed by atoms with van der Waals surface area (Å²) in [7, 11) is 0. The number of nitrogens with zero attached hydrogens (tertiary/aromatic N) is 1. The van der Waals surface area contributed by atoms with Crippen LogP contribution in [0.4, 0.5) is 0 Å². The van der Waals surface area contributed by atoms with Crippen LogP contribution in [0.2, 0.25) is 0 Å². The highest BCUT2D eigenvalue weighted by atomic mass is 32.2. The number of carboxylic acids is 1. The summed E-state index contributed by atoms with van der Waals surface area (Å²) in [6, 6.07) is 1.50. The molecule has 1 aliphatic heterocycles. The van der Waals surface area contributed by atoms with Crippen molar-refractivity contribution in [2.45, 2.75) is 18.6 Å². The number of hydrogen-bond donors (Lipinski definition) is 1. The highest BCUT2D eigenvalue weighted by Crippen LogP contribution is 2.17. The van der Waals surface area contributed by atoms with Gasteiger partial charge in [-0.2, -0.15) is 0 Å². The molecule has 1 N–H and O–H groups in total. The third kappa shape index (κ3) is 3.29. The van der Waals surface area contributed by atoms with Gasteiger partial charge in [-0.3, -0.25) is 4.79 Å². The van der Waals surface area contributed by atoms with E-state index in [4.69, 9.17) is 9.52 Å². The van der Waals surface area contributed by atoms with E-state index in [9.17, 15) is 9.59 Å². The second-order valence-corrected chi connectivity index (χ2v) is 5.17. The number of thioether (sulfide) groups is 1. The Morgan fingerprint density at radius 3 is 2.72 bits per heavy atom. The lowest BCUT2D eigenvalue weighted by atomic mass is 10.3. The summed E-state index contributed by atoms with van der Waals surface area (Å²) in [5, 5.41) is 8.73. The Balaban J connectivity index is 1.74. The minimum absolute atomic E-state index is 0.150. The van der Waals surface area contributed by atoms with Crippen LogP contribution in [0, 0.1) is 0 Å². The number of carboxylic acid groups (broad SMARTS) is 1. The first-order valence-corrected chi connectivity index (χ1v) is 6.98. The molecule has 2 heterocycles. The van der Waals surface area contributed by atoms with Crippen molar-refractivity contribution in [2.75, 3.05) is 18.8 Å². The Labute approximate surface area is 109 Å². The fraction of sp³-hybridized carbons (Fsp3) is 0.500. The van der Waals surface area contributed by atoms with Gasteiger partial charge in [0.05, 0.1) is 17.1 Å². The van der Waals surface area contributed by atoms with Crippen molar-refractivity contribution in [3.63, 3.8) is 0 Å². The predicted molar refractivity (Wildman–Crippen MR) is 67.6 cm³/mol. The molecule has 98 valence electrons. The van der Waals surface area contributed by atoms with Crippen LogP contribution in [0.5, 0.6) is 0 Å². The number of rotatable bonds is 5. The third-order valence-corrected chi connectivity index (χ3v) is 3.77. The van der Waals surface area contributed by atoms with Crippen molar-refractivity contribution in [3.8, 4) is 0 Å². The fourth-order valence-corrected chi connectivity index (χ4v) is 2.68. The normalized spacial score (nSPS) is 15.0. The molecule has 0 bridgehead atoms. The molecule has 1 saturated heterocycles. The number of carbonyl (C=O) groups is 2. The lowest BCUT2D eigenvalue weighted by molar-refractivity contribution is -0.127. The van der Waals surface area contributed by atoms with Gasteiger partial charge in [0.2, 0.25) is 5.91 Å². The van der Waals surface area contributed by atoms with E-state index in [0.717, 1.165) is 25.9 Å². The smallest absolute Gasteiger partial charge is 0.338 e. The monoisotopic (exact) mass is 269 g/mol. The first-order chi connectivity index (χ1) is 8.66. The van der Waals surface area contributed by atoms with E-state index in [-0.39, 0.29) is 11.5 Å². The van der Waals surface area contributed by atoms with E-state index in [1.54, 1.807) is 0 Å². The Hall–Kier alpha value is -1.43. The number of amides is 1. The average molecular weight is 269 g/mol. The van der Waals surface area contributed by atoms with Gasteiger partial charge in [0.15, 0.2) is 0 Å². The number of hydrogen-bond acceptors (Lipinski definition) is 4. The van der Waals surface area contributed by atoms with E-state index in [2.05, 4.69) is 0 Å². The van der Waals surface area contributed by atoms with Gasteiger partial charge in [-0.05, 0) is 18.9 Å². The molecule has 0 aromatic carbocycles. The van der Waals surface area contributed by atoms with Crippen LogP contribution >= 0.6 is 11.8 Å². The molecule has 0 unspecified atom stereocenters. The van der Waals surface area contributed by atoms with Gasteiger partial charge in [-0.1, -0.05) is 0 Å². The average Bonchev–Trinajstić information content (AvgIpc) is 3.00. The third-order valence-electron chi connectivity index (χ3n) is 2.83. The first-order valence-electron chi connectivity index (χ1n) is 5.83. The zero-order valence-corrected chi connectivity index (χ0v) is 10.7. The van der Waals surface area contributed by atoms with Gasteiger partial charge in [0.25, 0.3) is 0 Å². The Morgan fingerprint density at radius 1 is 1.39 bits per heavy atom. The molecule has 6 heteroatoms. The molecule has 1 aliphatic rings. The maximum absolute atomic E-state index is 11.7. The molecular formula is C12H15NO4S. The topological polar surface area (TPSA) is 70.7 Å². The van der Waals surface area contributed by atoms with Gasteiger partial charge >= 0.3 is 5.97 Å². The zero-order chi connectivity index (χ0) is 13.0. The van der Waals surface area contributed by atoms with Crippen molar-refractivity contribution in [1.82, 2.24) is 4.90 Å². The second-order valence-electron chi connectivity index (χ2n) is 4.19. The minimum Gasteiger partial charge on any atom is -0.478 e. The van der Waals surface area contributed by atoms with Crippen LogP contribution in [-0.4, -0.2) is 40.7 Å². The molecule has 18 heavy (non-hydrogen) atoms. The van der Waals surface area contributed by atoms with E-state index < -0.39 is 5.97 Å². The Morgan fingerprint density at radius 2 is 2.11 bits per heavy atom. The van der Waals surface area contributed by atoms with Crippen molar-refractivity contribution in [2.24, 2.45) is 0 Å². The summed E-state index contributed by atoms with van der Waals surface area (Å²) in [6.07, 6.45) is 3.41. The molecule has 1 amide bonds. The molecular weight excluding hydrogens is 254 g/mol. The molecule has 0 radical (unpaired) electrons. The van der Waals surface area contributed by atoms with E-state index in [1.807, 2.05) is 4.90 Å². The van der Waals surface area contributed by atoms with E-state index >= 15 is 0 Å². The zero-order valence-electron chi connectivity index (χ0n) is 9.92. The molecule has 5 nitrogen and oxygen atoms in total. The van der Waals surface area contributed by atoms with Crippen LogP contribution in [0.15, 0.2) is 16.7 Å². The maximum atomic E-state index is 11.7. The number of carbonyl (C=O) groups excluding carboxylic acids is 1. The molecule has 0 spiro atoms. The highest BCUT2D eigenvalue weighted by Gasteiger charge is 2.17.